The summed E-state index contributed by atoms with van der Waals surface area (Å²) in [5, 5.41) is 0. The molecule has 0 bridgehead atoms. The zero-order chi connectivity index (χ0) is 27.5. The third kappa shape index (κ3) is 3.64. The van der Waals surface area contributed by atoms with Crippen LogP contribution in [-0.2, 0) is 6.42 Å². The lowest BCUT2D eigenvalue weighted by Gasteiger charge is -2.29. The molecule has 2 atom stereocenters. The van der Waals surface area contributed by atoms with Crippen LogP contribution in [0.5, 0.6) is 0 Å². The van der Waals surface area contributed by atoms with E-state index in [1.54, 1.807) is 0 Å². The quantitative estimate of drug-likeness (QED) is 0.154. The first-order valence-electron chi connectivity index (χ1n) is 13.5. The number of nitrogens with zero attached hydrogens (tertiary/aromatic N) is 2. The second-order valence-corrected chi connectivity index (χ2v) is 10.7. The van der Waals surface area contributed by atoms with Crippen LogP contribution in [0, 0.1) is 24.4 Å². The van der Waals surface area contributed by atoms with Crippen LogP contribution in [-0.4, -0.2) is 0 Å². The molecule has 2 aliphatic rings. The molecule has 7 rings (SSSR count). The van der Waals surface area contributed by atoms with Crippen LogP contribution in [0.3, 0.4) is 0 Å². The molecule has 0 amide bonds. The minimum absolute atomic E-state index is 0.0588. The fraction of sp³-hybridized carbons (Fsp3) is 0.143. The van der Waals surface area contributed by atoms with Gasteiger partial charge < -0.3 is 0 Å². The first-order valence-corrected chi connectivity index (χ1v) is 13.5. The Morgan fingerprint density at radius 3 is 2.35 bits per heavy atom. The van der Waals surface area contributed by atoms with E-state index >= 15 is 4.39 Å². The van der Waals surface area contributed by atoms with E-state index in [2.05, 4.69) is 35.5 Å². The lowest BCUT2D eigenvalue weighted by molar-refractivity contribution is -0.727. The second-order valence-electron chi connectivity index (χ2n) is 10.7. The molecule has 0 aliphatic carbocycles. The molecular formula is C35H27F3N2+2. The van der Waals surface area contributed by atoms with Gasteiger partial charge in [0.05, 0.1) is 11.5 Å². The van der Waals surface area contributed by atoms with Crippen molar-refractivity contribution >= 4 is 5.70 Å². The van der Waals surface area contributed by atoms with Crippen molar-refractivity contribution in [3.8, 4) is 33.6 Å². The maximum absolute atomic E-state index is 15.6. The summed E-state index contributed by atoms with van der Waals surface area (Å²) in [5.74, 6) is -3.81. The Bertz CT molecular complexity index is 1830. The topological polar surface area (TPSA) is 7.76 Å². The number of aryl methyl sites for hydroxylation is 1. The fourth-order valence-corrected chi connectivity index (χ4v) is 6.63. The summed E-state index contributed by atoms with van der Waals surface area (Å²) in [7, 11) is 0. The second kappa shape index (κ2) is 9.30. The van der Waals surface area contributed by atoms with Crippen molar-refractivity contribution in [1.82, 2.24) is 0 Å². The molecule has 196 valence electrons. The summed E-state index contributed by atoms with van der Waals surface area (Å²) in [6.45, 7) is 6.64. The van der Waals surface area contributed by atoms with Crippen LogP contribution in [0.1, 0.15) is 35.1 Å². The highest BCUT2D eigenvalue weighted by atomic mass is 19.2. The van der Waals surface area contributed by atoms with Gasteiger partial charge in [-0.2, -0.15) is 9.13 Å². The Morgan fingerprint density at radius 2 is 1.52 bits per heavy atom. The number of fused-ring (bicyclic) bond motifs is 9. The molecule has 0 saturated heterocycles. The van der Waals surface area contributed by atoms with Gasteiger partial charge in [0.15, 0.2) is 29.8 Å². The molecule has 0 saturated carbocycles. The van der Waals surface area contributed by atoms with Gasteiger partial charge >= 0.3 is 0 Å². The van der Waals surface area contributed by atoms with Gasteiger partial charge in [0, 0.05) is 34.9 Å². The molecular weight excluding hydrogens is 505 g/mol. The Labute approximate surface area is 231 Å². The molecule has 2 unspecified atom stereocenters. The van der Waals surface area contributed by atoms with Crippen LogP contribution in [0.4, 0.5) is 13.2 Å². The van der Waals surface area contributed by atoms with Crippen molar-refractivity contribution in [2.75, 3.05) is 0 Å². The molecule has 2 aliphatic heterocycles. The summed E-state index contributed by atoms with van der Waals surface area (Å²) < 4.78 is 49.3. The van der Waals surface area contributed by atoms with Gasteiger partial charge in [0.1, 0.15) is 0 Å². The Hall–Kier alpha value is -4.51. The van der Waals surface area contributed by atoms with Gasteiger partial charge in [-0.25, -0.2) is 13.2 Å². The number of halogens is 3. The van der Waals surface area contributed by atoms with Crippen LogP contribution < -0.4 is 9.13 Å². The monoisotopic (exact) mass is 532 g/mol. The predicted molar refractivity (Wildman–Crippen MR) is 150 cm³/mol. The average molecular weight is 533 g/mol. The highest BCUT2D eigenvalue weighted by molar-refractivity contribution is 5.74. The van der Waals surface area contributed by atoms with Crippen LogP contribution in [0.15, 0.2) is 104 Å². The van der Waals surface area contributed by atoms with Crippen molar-refractivity contribution in [3.05, 3.63) is 138 Å². The SMILES string of the molecule is C=C1C2C(CCc3c(cc(F)c(F)c3F)-c3cc(-c4ccccc4)c(C)c[n+]31)c1ccccc1-c1cccc[n+]12. The van der Waals surface area contributed by atoms with Gasteiger partial charge in [-0.15, -0.1) is 0 Å². The minimum atomic E-state index is -1.43. The number of allylic oxidation sites excluding steroid dienone is 1. The number of benzene rings is 3. The van der Waals surface area contributed by atoms with Gasteiger partial charge in [0.2, 0.25) is 23.1 Å². The first kappa shape index (κ1) is 24.5. The van der Waals surface area contributed by atoms with E-state index in [4.69, 9.17) is 0 Å². The van der Waals surface area contributed by atoms with E-state index in [0.717, 1.165) is 45.3 Å². The molecule has 0 spiro atoms. The number of rotatable bonds is 1. The lowest BCUT2D eigenvalue weighted by atomic mass is 9.78. The standard InChI is InChI=1S/C35H27F3N2/c1-21-20-40-22(2)35-27(24-12-6-7-13-25(24)31-14-8-9-17-39(31)35)16-15-26-29(18-30(36)34(38)33(26)37)32(40)19-28(21)23-10-4-3-5-11-23/h3-14,17-20,27,35H,2,15-16H2,1H3/q+2. The zero-order valence-electron chi connectivity index (χ0n) is 22.0. The van der Waals surface area contributed by atoms with E-state index in [9.17, 15) is 8.78 Å². The van der Waals surface area contributed by atoms with Gasteiger partial charge in [-0.3, -0.25) is 0 Å². The summed E-state index contributed by atoms with van der Waals surface area (Å²) in [6.07, 6.45) is 4.84. The van der Waals surface area contributed by atoms with E-state index < -0.39 is 17.5 Å². The van der Waals surface area contributed by atoms with E-state index in [0.29, 0.717) is 17.7 Å². The molecule has 40 heavy (non-hydrogen) atoms. The van der Waals surface area contributed by atoms with E-state index in [-0.39, 0.29) is 23.9 Å². The highest BCUT2D eigenvalue weighted by Crippen LogP contribution is 2.45. The molecule has 5 heteroatoms. The average Bonchev–Trinajstić information content (AvgIpc) is 3.03. The van der Waals surface area contributed by atoms with Crippen LogP contribution in [0.2, 0.25) is 0 Å². The summed E-state index contributed by atoms with van der Waals surface area (Å²) in [6, 6.07) is 27.2. The largest absolute Gasteiger partial charge is 0.249 e. The normalized spacial score (nSPS) is 17.4. The summed E-state index contributed by atoms with van der Waals surface area (Å²) in [4.78, 5) is 0. The van der Waals surface area contributed by atoms with Crippen LogP contribution in [0.25, 0.3) is 39.3 Å². The van der Waals surface area contributed by atoms with Crippen molar-refractivity contribution in [1.29, 1.82) is 0 Å². The molecule has 0 fully saturated rings. The van der Waals surface area contributed by atoms with Gasteiger partial charge in [-0.05, 0) is 61.2 Å². The van der Waals surface area contributed by atoms with Gasteiger partial charge in [-0.1, -0.05) is 48.5 Å². The number of hydrogen-bond acceptors (Lipinski definition) is 0. The minimum Gasteiger partial charge on any atom is -0.204 e. The number of pyridine rings is 2. The Morgan fingerprint density at radius 1 is 0.775 bits per heavy atom. The smallest absolute Gasteiger partial charge is 0.204 e. The molecule has 2 aromatic heterocycles. The maximum Gasteiger partial charge on any atom is 0.249 e. The lowest BCUT2D eigenvalue weighted by Crippen LogP contribution is -2.53. The predicted octanol–water partition coefficient (Wildman–Crippen LogP) is 7.74. The third-order valence-electron chi connectivity index (χ3n) is 8.48. The first-order chi connectivity index (χ1) is 19.4. The number of hydrogen-bond donors (Lipinski definition) is 0. The Balaban J connectivity index is 1.55. The number of aromatic nitrogens is 2. The van der Waals surface area contributed by atoms with E-state index in [1.165, 1.54) is 0 Å². The van der Waals surface area contributed by atoms with Crippen molar-refractivity contribution in [2.24, 2.45) is 0 Å². The van der Waals surface area contributed by atoms with E-state index in [1.807, 2.05) is 78.4 Å². The summed E-state index contributed by atoms with van der Waals surface area (Å²) >= 11 is 0. The van der Waals surface area contributed by atoms with Crippen LogP contribution >= 0.6 is 0 Å². The molecule has 5 aromatic rings. The van der Waals surface area contributed by atoms with Gasteiger partial charge in [0.25, 0.3) is 0 Å². The maximum atomic E-state index is 15.6. The van der Waals surface area contributed by atoms with Crippen molar-refractivity contribution in [2.45, 2.75) is 31.7 Å². The highest BCUT2D eigenvalue weighted by Gasteiger charge is 2.47. The third-order valence-corrected chi connectivity index (χ3v) is 8.48. The molecule has 0 radical (unpaired) electrons. The molecule has 0 N–H and O–H groups in total. The molecule has 3 aromatic carbocycles. The van der Waals surface area contributed by atoms with Crippen molar-refractivity contribution < 1.29 is 22.3 Å². The van der Waals surface area contributed by atoms with Crippen molar-refractivity contribution in [3.63, 3.8) is 0 Å². The molecule has 4 heterocycles. The summed E-state index contributed by atoms with van der Waals surface area (Å²) in [5.41, 5.74) is 8.15. The zero-order valence-corrected chi connectivity index (χ0v) is 22.0. The fourth-order valence-electron chi connectivity index (χ4n) is 6.63. The molecule has 2 nitrogen and oxygen atoms in total. The Kier molecular flexibility index (Phi) is 5.70.